The maximum Gasteiger partial charge on any atom is 0.0302 e. The molecular weight excluding hydrogens is 214 g/mol. The maximum absolute atomic E-state index is 3.62. The molecule has 1 nitrogen and oxygen atoms in total. The molecule has 0 aliphatic rings. The summed E-state index contributed by atoms with van der Waals surface area (Å²) in [5, 5.41) is 3.62. The van der Waals surface area contributed by atoms with Crippen molar-refractivity contribution in [1.82, 2.24) is 5.32 Å². The van der Waals surface area contributed by atoms with Gasteiger partial charge in [0.1, 0.15) is 0 Å². The van der Waals surface area contributed by atoms with Crippen LogP contribution in [0.1, 0.15) is 55.5 Å². The monoisotopic (exact) mass is 239 g/mol. The lowest BCUT2D eigenvalue weighted by Gasteiger charge is -2.20. The molecule has 0 radical (unpaired) electrons. The molecule has 1 rings (SSSR count). The molecule has 1 N–H and O–H groups in total. The molecule has 0 saturated heterocycles. The third-order valence-electron chi connectivity index (χ3n) is 2.87. The lowest BCUT2D eigenvalue weighted by atomic mass is 9.92. The van der Waals surface area contributed by atoms with Crippen LogP contribution < -0.4 is 5.32 Å². The maximum atomic E-state index is 3.62. The molecule has 0 fully saturated rings. The van der Waals surface area contributed by atoms with E-state index in [2.05, 4.69) is 52.9 Å². The van der Waals surface area contributed by atoms with Crippen LogP contribution >= 0.6 is 11.3 Å². The second-order valence-corrected chi connectivity index (χ2v) is 7.32. The minimum absolute atomic E-state index is 0.423. The van der Waals surface area contributed by atoms with Crippen molar-refractivity contribution in [3.63, 3.8) is 0 Å². The number of hydrogen-bond donors (Lipinski definition) is 1. The average Bonchev–Trinajstić information content (AvgIpc) is 2.43. The molecule has 0 aliphatic carbocycles. The van der Waals surface area contributed by atoms with Crippen LogP contribution in [0, 0.1) is 19.3 Å². The van der Waals surface area contributed by atoms with Gasteiger partial charge in [0, 0.05) is 15.8 Å². The Hall–Kier alpha value is -0.340. The topological polar surface area (TPSA) is 12.0 Å². The predicted molar refractivity (Wildman–Crippen MR) is 74.3 cm³/mol. The zero-order chi connectivity index (χ0) is 12.3. The standard InChI is InChI=1S/C14H25NS/c1-10-9-13(12(3)16-10)11(2)15-8-7-14(4,5)6/h9,11,15H,7-8H2,1-6H3. The molecule has 1 aromatic rings. The van der Waals surface area contributed by atoms with E-state index in [0.29, 0.717) is 11.5 Å². The van der Waals surface area contributed by atoms with Gasteiger partial charge < -0.3 is 5.32 Å². The molecule has 1 unspecified atom stereocenters. The first kappa shape index (κ1) is 13.7. The predicted octanol–water partition coefficient (Wildman–Crippen LogP) is 4.45. The number of rotatable bonds is 4. The van der Waals surface area contributed by atoms with Gasteiger partial charge in [-0.25, -0.2) is 0 Å². The van der Waals surface area contributed by atoms with Gasteiger partial charge in [0.15, 0.2) is 0 Å². The van der Waals surface area contributed by atoms with E-state index in [1.807, 2.05) is 11.3 Å². The molecule has 1 aromatic heterocycles. The van der Waals surface area contributed by atoms with Crippen molar-refractivity contribution in [2.24, 2.45) is 5.41 Å². The first-order valence-electron chi connectivity index (χ1n) is 6.10. The lowest BCUT2D eigenvalue weighted by molar-refractivity contribution is 0.358. The summed E-state index contributed by atoms with van der Waals surface area (Å²) in [6.07, 6.45) is 1.22. The van der Waals surface area contributed by atoms with Crippen molar-refractivity contribution >= 4 is 11.3 Å². The summed E-state index contributed by atoms with van der Waals surface area (Å²) in [5.41, 5.74) is 1.89. The normalized spacial score (nSPS) is 14.1. The summed E-state index contributed by atoms with van der Waals surface area (Å²) in [4.78, 5) is 2.87. The number of thiophene rings is 1. The summed E-state index contributed by atoms with van der Waals surface area (Å²) in [5.74, 6) is 0. The van der Waals surface area contributed by atoms with E-state index in [1.54, 1.807) is 0 Å². The van der Waals surface area contributed by atoms with Crippen LogP contribution in [0.2, 0.25) is 0 Å². The fourth-order valence-electron chi connectivity index (χ4n) is 1.85. The Morgan fingerprint density at radius 1 is 1.31 bits per heavy atom. The van der Waals surface area contributed by atoms with E-state index in [9.17, 15) is 0 Å². The third-order valence-corrected chi connectivity index (χ3v) is 3.85. The second kappa shape index (κ2) is 5.33. The fraction of sp³-hybridized carbons (Fsp3) is 0.714. The summed E-state index contributed by atoms with van der Waals surface area (Å²) < 4.78 is 0. The first-order valence-corrected chi connectivity index (χ1v) is 6.91. The highest BCUT2D eigenvalue weighted by Crippen LogP contribution is 2.26. The van der Waals surface area contributed by atoms with Crippen LogP contribution in [0.5, 0.6) is 0 Å². The van der Waals surface area contributed by atoms with Gasteiger partial charge in [-0.2, -0.15) is 0 Å². The van der Waals surface area contributed by atoms with Gasteiger partial charge in [0.05, 0.1) is 0 Å². The van der Waals surface area contributed by atoms with Crippen molar-refractivity contribution in [3.05, 3.63) is 21.4 Å². The Balaban J connectivity index is 2.47. The third kappa shape index (κ3) is 4.26. The molecule has 0 aliphatic heterocycles. The van der Waals surface area contributed by atoms with Gasteiger partial charge in [-0.1, -0.05) is 20.8 Å². The quantitative estimate of drug-likeness (QED) is 0.818. The van der Waals surface area contributed by atoms with Crippen molar-refractivity contribution in [2.75, 3.05) is 6.54 Å². The summed E-state index contributed by atoms with van der Waals surface area (Å²) in [6.45, 7) is 14.6. The minimum atomic E-state index is 0.423. The molecule has 92 valence electrons. The number of hydrogen-bond acceptors (Lipinski definition) is 2. The highest BCUT2D eigenvalue weighted by Gasteiger charge is 2.13. The molecular formula is C14H25NS. The van der Waals surface area contributed by atoms with Crippen LogP contribution in [0.4, 0.5) is 0 Å². The molecule has 2 heteroatoms. The zero-order valence-corrected chi connectivity index (χ0v) is 12.3. The van der Waals surface area contributed by atoms with Crippen LogP contribution in [0.15, 0.2) is 6.07 Å². The Labute approximate surface area is 104 Å². The molecule has 0 spiro atoms. The largest absolute Gasteiger partial charge is 0.310 e. The van der Waals surface area contributed by atoms with E-state index >= 15 is 0 Å². The van der Waals surface area contributed by atoms with E-state index in [0.717, 1.165) is 6.54 Å². The van der Waals surface area contributed by atoms with Crippen molar-refractivity contribution < 1.29 is 0 Å². The van der Waals surface area contributed by atoms with Gasteiger partial charge in [0.2, 0.25) is 0 Å². The van der Waals surface area contributed by atoms with Crippen molar-refractivity contribution in [1.29, 1.82) is 0 Å². The minimum Gasteiger partial charge on any atom is -0.310 e. The SMILES string of the molecule is Cc1cc(C(C)NCCC(C)(C)C)c(C)s1. The Kier molecular flexibility index (Phi) is 4.57. The van der Waals surface area contributed by atoms with Gasteiger partial charge in [-0.3, -0.25) is 0 Å². The summed E-state index contributed by atoms with van der Waals surface area (Å²) in [7, 11) is 0. The van der Waals surface area contributed by atoms with Crippen LogP contribution in [0.25, 0.3) is 0 Å². The first-order chi connectivity index (χ1) is 7.29. The fourth-order valence-corrected chi connectivity index (χ4v) is 2.88. The van der Waals surface area contributed by atoms with Gasteiger partial charge >= 0.3 is 0 Å². The molecule has 0 amide bonds. The Bertz CT molecular complexity index is 333. The van der Waals surface area contributed by atoms with E-state index in [4.69, 9.17) is 0 Å². The van der Waals surface area contributed by atoms with E-state index < -0.39 is 0 Å². The molecule has 0 saturated carbocycles. The van der Waals surface area contributed by atoms with E-state index in [-0.39, 0.29) is 0 Å². The molecule has 16 heavy (non-hydrogen) atoms. The Morgan fingerprint density at radius 3 is 2.38 bits per heavy atom. The highest BCUT2D eigenvalue weighted by molar-refractivity contribution is 7.12. The van der Waals surface area contributed by atoms with Crippen LogP contribution in [-0.4, -0.2) is 6.54 Å². The average molecular weight is 239 g/mol. The Morgan fingerprint density at radius 2 is 1.94 bits per heavy atom. The van der Waals surface area contributed by atoms with E-state index in [1.165, 1.54) is 21.7 Å². The van der Waals surface area contributed by atoms with Crippen LogP contribution in [0.3, 0.4) is 0 Å². The number of aryl methyl sites for hydroxylation is 2. The summed E-state index contributed by atoms with van der Waals surface area (Å²) in [6, 6.07) is 2.79. The number of nitrogens with one attached hydrogen (secondary N) is 1. The van der Waals surface area contributed by atoms with Gasteiger partial charge in [-0.15, -0.1) is 11.3 Å². The zero-order valence-electron chi connectivity index (χ0n) is 11.5. The highest BCUT2D eigenvalue weighted by atomic mass is 32.1. The molecule has 0 bridgehead atoms. The summed E-state index contributed by atoms with van der Waals surface area (Å²) >= 11 is 1.90. The smallest absolute Gasteiger partial charge is 0.0302 e. The second-order valence-electron chi connectivity index (χ2n) is 5.86. The lowest BCUT2D eigenvalue weighted by Crippen LogP contribution is -2.23. The van der Waals surface area contributed by atoms with Crippen molar-refractivity contribution in [3.8, 4) is 0 Å². The van der Waals surface area contributed by atoms with Crippen LogP contribution in [-0.2, 0) is 0 Å². The molecule has 1 heterocycles. The van der Waals surface area contributed by atoms with Gasteiger partial charge in [-0.05, 0) is 50.8 Å². The molecule has 0 aromatic carbocycles. The van der Waals surface area contributed by atoms with Crippen molar-refractivity contribution in [2.45, 2.75) is 54.0 Å². The molecule has 1 atom stereocenters. The van der Waals surface area contributed by atoms with Gasteiger partial charge in [0.25, 0.3) is 0 Å².